The number of hydrogen-bond acceptors (Lipinski definition) is 4. The summed E-state index contributed by atoms with van der Waals surface area (Å²) in [7, 11) is 0. The van der Waals surface area contributed by atoms with Crippen LogP contribution in [0.3, 0.4) is 0 Å². The zero-order chi connectivity index (χ0) is 20.5. The summed E-state index contributed by atoms with van der Waals surface area (Å²) < 4.78 is 1.91. The minimum absolute atomic E-state index is 0.0192. The molecule has 0 bridgehead atoms. The van der Waals surface area contributed by atoms with Gasteiger partial charge < -0.3 is 10.6 Å². The molecule has 0 spiro atoms. The van der Waals surface area contributed by atoms with Crippen molar-refractivity contribution < 1.29 is 9.59 Å². The summed E-state index contributed by atoms with van der Waals surface area (Å²) in [5.74, 6) is 0.607. The molecule has 0 unspecified atom stereocenters. The van der Waals surface area contributed by atoms with E-state index in [4.69, 9.17) is 0 Å². The normalized spacial score (nSPS) is 13.5. The zero-order valence-corrected chi connectivity index (χ0v) is 16.3. The molecule has 0 saturated heterocycles. The Bertz CT molecular complexity index is 1260. The second-order valence-corrected chi connectivity index (χ2v) is 7.56. The highest BCUT2D eigenvalue weighted by atomic mass is 16.2. The average molecular weight is 399 g/mol. The summed E-state index contributed by atoms with van der Waals surface area (Å²) in [5, 5.41) is 16.2. The number of amides is 2. The maximum absolute atomic E-state index is 13.0. The van der Waals surface area contributed by atoms with Gasteiger partial charge in [0.1, 0.15) is 5.82 Å². The van der Waals surface area contributed by atoms with E-state index >= 15 is 0 Å². The number of carbonyl (C=O) groups excluding carboxylic acids is 2. The molecule has 30 heavy (non-hydrogen) atoms. The highest BCUT2D eigenvalue weighted by Gasteiger charge is 2.30. The maximum atomic E-state index is 13.0. The van der Waals surface area contributed by atoms with Crippen LogP contribution in [0.15, 0.2) is 60.8 Å². The van der Waals surface area contributed by atoms with Crippen LogP contribution in [-0.2, 0) is 11.2 Å². The van der Waals surface area contributed by atoms with Crippen molar-refractivity contribution in [2.75, 3.05) is 11.9 Å². The van der Waals surface area contributed by atoms with Gasteiger partial charge in [-0.3, -0.25) is 14.0 Å². The van der Waals surface area contributed by atoms with Gasteiger partial charge in [-0.05, 0) is 47.9 Å². The molecular formula is C23H21N5O2. The highest BCUT2D eigenvalue weighted by molar-refractivity contribution is 6.08. The minimum atomic E-state index is -0.222. The number of nitrogens with one attached hydrogen (secondary N) is 2. The number of rotatable bonds is 6. The Labute approximate surface area is 173 Å². The molecular weight excluding hydrogens is 378 g/mol. The lowest BCUT2D eigenvalue weighted by Gasteiger charge is -2.13. The molecule has 1 aliphatic carbocycles. The summed E-state index contributed by atoms with van der Waals surface area (Å²) in [6.07, 6.45) is 4.27. The lowest BCUT2D eigenvalue weighted by Crippen LogP contribution is -2.27. The third-order valence-electron chi connectivity index (χ3n) is 5.35. The molecule has 7 heteroatoms. The molecule has 2 aromatic heterocycles. The van der Waals surface area contributed by atoms with Gasteiger partial charge in [-0.2, -0.15) is 0 Å². The van der Waals surface area contributed by atoms with Gasteiger partial charge in [0.15, 0.2) is 5.65 Å². The van der Waals surface area contributed by atoms with E-state index in [1.807, 2.05) is 65.2 Å². The largest absolute Gasteiger partial charge is 0.352 e. The Hall–Kier alpha value is -3.74. The third kappa shape index (κ3) is 3.61. The predicted octanol–water partition coefficient (Wildman–Crippen LogP) is 3.20. The molecule has 5 rings (SSSR count). The first-order valence-electron chi connectivity index (χ1n) is 10.1. The van der Waals surface area contributed by atoms with Gasteiger partial charge >= 0.3 is 0 Å². The Morgan fingerprint density at radius 1 is 1.00 bits per heavy atom. The highest BCUT2D eigenvalue weighted by Crippen LogP contribution is 2.32. The maximum Gasteiger partial charge on any atom is 0.253 e. The number of anilines is 1. The number of aromatic nitrogens is 3. The van der Waals surface area contributed by atoms with Gasteiger partial charge in [0.2, 0.25) is 5.91 Å². The first-order valence-corrected chi connectivity index (χ1v) is 10.1. The van der Waals surface area contributed by atoms with Crippen LogP contribution in [-0.4, -0.2) is 33.0 Å². The van der Waals surface area contributed by atoms with Crippen LogP contribution >= 0.6 is 0 Å². The van der Waals surface area contributed by atoms with Gasteiger partial charge in [0.05, 0.1) is 11.3 Å². The Balaban J connectivity index is 1.35. The summed E-state index contributed by atoms with van der Waals surface area (Å²) in [6.45, 7) is 0.414. The molecule has 7 nitrogen and oxygen atoms in total. The number of pyridine rings is 1. The van der Waals surface area contributed by atoms with E-state index in [0.717, 1.165) is 35.1 Å². The van der Waals surface area contributed by atoms with Gasteiger partial charge in [0.25, 0.3) is 5.91 Å². The minimum Gasteiger partial charge on any atom is -0.352 e. The van der Waals surface area contributed by atoms with E-state index in [1.54, 1.807) is 0 Å². The van der Waals surface area contributed by atoms with Crippen molar-refractivity contribution in [3.63, 3.8) is 0 Å². The number of benzene rings is 2. The van der Waals surface area contributed by atoms with Gasteiger partial charge in [-0.25, -0.2) is 0 Å². The van der Waals surface area contributed by atoms with Gasteiger partial charge in [-0.1, -0.05) is 30.3 Å². The molecule has 0 aliphatic heterocycles. The summed E-state index contributed by atoms with van der Waals surface area (Å²) in [6, 6.07) is 17.2. The third-order valence-corrected chi connectivity index (χ3v) is 5.35. The van der Waals surface area contributed by atoms with Gasteiger partial charge in [-0.15, -0.1) is 10.2 Å². The fourth-order valence-electron chi connectivity index (χ4n) is 3.56. The average Bonchev–Trinajstić information content (AvgIpc) is 3.55. The molecule has 1 aliphatic rings. The van der Waals surface area contributed by atoms with Crippen LogP contribution in [0.25, 0.3) is 16.4 Å². The number of carbonyl (C=O) groups is 2. The van der Waals surface area contributed by atoms with Crippen LogP contribution < -0.4 is 10.6 Å². The van der Waals surface area contributed by atoms with Crippen molar-refractivity contribution in [2.24, 2.45) is 5.92 Å². The van der Waals surface area contributed by atoms with E-state index in [1.165, 1.54) is 0 Å². The molecule has 0 atom stereocenters. The first-order chi connectivity index (χ1) is 14.7. The molecule has 2 N–H and O–H groups in total. The standard InChI is InChI=1S/C23H21N5O2/c29-22(15-8-9-15)25-19-14-17-6-2-1-5-16(17)13-18(19)23(30)24-11-10-21-27-26-20-7-3-4-12-28(20)21/h1-7,12-15H,8-11H2,(H,24,30)(H,25,29). The van der Waals surface area contributed by atoms with E-state index in [2.05, 4.69) is 20.8 Å². The molecule has 2 aromatic carbocycles. The predicted molar refractivity (Wildman–Crippen MR) is 114 cm³/mol. The Morgan fingerprint density at radius 2 is 1.77 bits per heavy atom. The van der Waals surface area contributed by atoms with Gasteiger partial charge in [0, 0.05) is 25.1 Å². The van der Waals surface area contributed by atoms with E-state index < -0.39 is 0 Å². The summed E-state index contributed by atoms with van der Waals surface area (Å²) in [4.78, 5) is 25.3. The monoisotopic (exact) mass is 399 g/mol. The van der Waals surface area contributed by atoms with Crippen molar-refractivity contribution in [1.82, 2.24) is 19.9 Å². The summed E-state index contributed by atoms with van der Waals surface area (Å²) in [5.41, 5.74) is 1.79. The number of hydrogen-bond donors (Lipinski definition) is 2. The Morgan fingerprint density at radius 3 is 2.57 bits per heavy atom. The van der Waals surface area contributed by atoms with Crippen molar-refractivity contribution in [3.05, 3.63) is 72.2 Å². The quantitative estimate of drug-likeness (QED) is 0.521. The lowest BCUT2D eigenvalue weighted by molar-refractivity contribution is -0.117. The van der Waals surface area contributed by atoms with Crippen LogP contribution in [0, 0.1) is 5.92 Å². The second-order valence-electron chi connectivity index (χ2n) is 7.56. The molecule has 150 valence electrons. The van der Waals surface area contributed by atoms with Crippen molar-refractivity contribution in [3.8, 4) is 0 Å². The van der Waals surface area contributed by atoms with E-state index in [0.29, 0.717) is 24.2 Å². The summed E-state index contributed by atoms with van der Waals surface area (Å²) >= 11 is 0. The van der Waals surface area contributed by atoms with Crippen LogP contribution in [0.4, 0.5) is 5.69 Å². The van der Waals surface area contributed by atoms with Crippen LogP contribution in [0.2, 0.25) is 0 Å². The van der Waals surface area contributed by atoms with Crippen molar-refractivity contribution in [1.29, 1.82) is 0 Å². The lowest BCUT2D eigenvalue weighted by atomic mass is 10.0. The van der Waals surface area contributed by atoms with Crippen LogP contribution in [0.1, 0.15) is 29.0 Å². The van der Waals surface area contributed by atoms with E-state index in [9.17, 15) is 9.59 Å². The van der Waals surface area contributed by atoms with Crippen molar-refractivity contribution >= 4 is 33.9 Å². The molecule has 1 fully saturated rings. The second kappa shape index (κ2) is 7.59. The Kier molecular flexibility index (Phi) is 4.63. The molecule has 1 saturated carbocycles. The number of nitrogens with zero attached hydrogens (tertiary/aromatic N) is 3. The molecule has 0 radical (unpaired) electrons. The number of fused-ring (bicyclic) bond motifs is 2. The smallest absolute Gasteiger partial charge is 0.253 e. The van der Waals surface area contributed by atoms with E-state index in [-0.39, 0.29) is 17.7 Å². The molecule has 2 amide bonds. The SMILES string of the molecule is O=C(NCCc1nnc2ccccn12)c1cc2ccccc2cc1NC(=O)C1CC1. The fraction of sp³-hybridized carbons (Fsp3) is 0.217. The van der Waals surface area contributed by atoms with Crippen LogP contribution in [0.5, 0.6) is 0 Å². The molecule has 2 heterocycles. The zero-order valence-electron chi connectivity index (χ0n) is 16.3. The molecule has 4 aromatic rings. The topological polar surface area (TPSA) is 88.4 Å². The van der Waals surface area contributed by atoms with Crippen molar-refractivity contribution in [2.45, 2.75) is 19.3 Å². The first kappa shape index (κ1) is 18.3. The fourth-order valence-corrected chi connectivity index (χ4v) is 3.56.